The van der Waals surface area contributed by atoms with E-state index in [0.29, 0.717) is 24.3 Å². The highest BCUT2D eigenvalue weighted by Crippen LogP contribution is 2.49. The Labute approximate surface area is 106 Å². The lowest BCUT2D eigenvalue weighted by atomic mass is 9.63. The van der Waals surface area contributed by atoms with Gasteiger partial charge in [0.1, 0.15) is 11.2 Å². The molecular formula is C13H15NO3S. The second-order valence-electron chi connectivity index (χ2n) is 5.33. The fraction of sp³-hybridized carbons (Fsp3) is 0.462. The van der Waals surface area contributed by atoms with Crippen LogP contribution < -0.4 is 5.32 Å². The number of carbonyl (C=O) groups is 1. The quantitative estimate of drug-likeness (QED) is 0.868. The summed E-state index contributed by atoms with van der Waals surface area (Å²) in [7, 11) is -3.39. The number of Topliss-reactive ketones (excluding diaryl/α,β-unsaturated/α-hetero) is 1. The van der Waals surface area contributed by atoms with Gasteiger partial charge in [0.15, 0.2) is 9.84 Å². The van der Waals surface area contributed by atoms with E-state index in [0.717, 1.165) is 5.56 Å². The van der Waals surface area contributed by atoms with E-state index in [4.69, 9.17) is 0 Å². The molecule has 0 bridgehead atoms. The molecule has 1 saturated heterocycles. The summed E-state index contributed by atoms with van der Waals surface area (Å²) < 4.78 is 25.2. The number of benzene rings is 1. The van der Waals surface area contributed by atoms with E-state index in [9.17, 15) is 13.2 Å². The predicted molar refractivity (Wildman–Crippen MR) is 66.8 cm³/mol. The summed E-state index contributed by atoms with van der Waals surface area (Å²) in [5, 5.41) is 2.39. The van der Waals surface area contributed by atoms with Crippen molar-refractivity contribution in [3.8, 4) is 0 Å². The number of hydrogen-bond donors (Lipinski definition) is 1. The molecule has 96 valence electrons. The van der Waals surface area contributed by atoms with Gasteiger partial charge in [0, 0.05) is 24.8 Å². The van der Waals surface area contributed by atoms with E-state index in [1.807, 2.05) is 6.07 Å². The first-order chi connectivity index (χ1) is 8.46. The minimum absolute atomic E-state index is 0.168. The van der Waals surface area contributed by atoms with Crippen molar-refractivity contribution in [2.45, 2.75) is 30.0 Å². The lowest BCUT2D eigenvalue weighted by Gasteiger charge is -2.54. The number of ketones is 1. The Kier molecular flexibility index (Phi) is 2.40. The zero-order chi connectivity index (χ0) is 13.0. The Morgan fingerprint density at radius 2 is 1.94 bits per heavy atom. The Hall–Kier alpha value is -1.20. The fourth-order valence-electron chi connectivity index (χ4n) is 2.96. The Morgan fingerprint density at radius 1 is 1.28 bits per heavy atom. The van der Waals surface area contributed by atoms with E-state index in [2.05, 4.69) is 5.32 Å². The summed E-state index contributed by atoms with van der Waals surface area (Å²) in [6.07, 6.45) is 0.797. The third-order valence-corrected chi connectivity index (χ3v) is 6.36. The van der Waals surface area contributed by atoms with Crippen LogP contribution in [-0.4, -0.2) is 26.1 Å². The molecule has 1 heterocycles. The van der Waals surface area contributed by atoms with Crippen LogP contribution in [0.5, 0.6) is 0 Å². The molecule has 4 nitrogen and oxygen atoms in total. The third kappa shape index (κ3) is 1.47. The van der Waals surface area contributed by atoms with Gasteiger partial charge in [-0.15, -0.1) is 0 Å². The number of carbonyl (C=O) groups excluding carboxylic acids is 1. The van der Waals surface area contributed by atoms with Gasteiger partial charge in [-0.05, 0) is 18.6 Å². The number of hydrogen-bond acceptors (Lipinski definition) is 4. The molecule has 1 atom stereocenters. The van der Waals surface area contributed by atoms with Crippen LogP contribution in [0.25, 0.3) is 0 Å². The molecule has 1 unspecified atom stereocenters. The standard InChI is InChI=1S/C13H15NO3S/c1-9-4-2-3-5-11(9)18(16,17)12-13(8-14-12)6-10(15)7-13/h2-5,12,14H,6-8H2,1H3. The number of sulfone groups is 1. The van der Waals surface area contributed by atoms with Crippen LogP contribution in [0.15, 0.2) is 29.2 Å². The van der Waals surface area contributed by atoms with Crippen molar-refractivity contribution >= 4 is 15.6 Å². The molecule has 1 aromatic rings. The second kappa shape index (κ2) is 3.65. The molecule has 3 rings (SSSR count). The van der Waals surface area contributed by atoms with Gasteiger partial charge in [-0.3, -0.25) is 10.1 Å². The van der Waals surface area contributed by atoms with Crippen molar-refractivity contribution in [1.29, 1.82) is 0 Å². The first-order valence-corrected chi connectivity index (χ1v) is 7.55. The highest BCUT2D eigenvalue weighted by Gasteiger charge is 2.60. The van der Waals surface area contributed by atoms with Gasteiger partial charge in [0.2, 0.25) is 0 Å². The molecule has 2 fully saturated rings. The normalized spacial score (nSPS) is 25.6. The van der Waals surface area contributed by atoms with Gasteiger partial charge in [0.25, 0.3) is 0 Å². The average molecular weight is 265 g/mol. The van der Waals surface area contributed by atoms with E-state index < -0.39 is 15.2 Å². The summed E-state index contributed by atoms with van der Waals surface area (Å²) in [6, 6.07) is 6.99. The maximum Gasteiger partial charge on any atom is 0.195 e. The SMILES string of the molecule is Cc1ccccc1S(=O)(=O)C1NCC12CC(=O)C2. The molecule has 0 amide bonds. The minimum atomic E-state index is -3.39. The molecule has 1 spiro atoms. The first-order valence-electron chi connectivity index (χ1n) is 6.00. The van der Waals surface area contributed by atoms with E-state index in [1.165, 1.54) is 0 Å². The topological polar surface area (TPSA) is 63.2 Å². The van der Waals surface area contributed by atoms with Gasteiger partial charge in [0.05, 0.1) is 4.90 Å². The molecule has 5 heteroatoms. The summed E-state index contributed by atoms with van der Waals surface area (Å²) in [4.78, 5) is 11.5. The molecule has 1 saturated carbocycles. The Bertz CT molecular complexity index is 613. The summed E-state index contributed by atoms with van der Waals surface area (Å²) in [5.74, 6) is 0.168. The van der Waals surface area contributed by atoms with Gasteiger partial charge in [-0.2, -0.15) is 0 Å². The Balaban J connectivity index is 1.97. The Morgan fingerprint density at radius 3 is 2.44 bits per heavy atom. The van der Waals surface area contributed by atoms with Gasteiger partial charge in [-0.1, -0.05) is 18.2 Å². The maximum atomic E-state index is 12.6. The molecular weight excluding hydrogens is 250 g/mol. The summed E-state index contributed by atoms with van der Waals surface area (Å²) in [6.45, 7) is 2.43. The predicted octanol–water partition coefficient (Wildman–Crippen LogP) is 1.05. The number of aryl methyl sites for hydroxylation is 1. The van der Waals surface area contributed by atoms with E-state index >= 15 is 0 Å². The maximum absolute atomic E-state index is 12.6. The van der Waals surface area contributed by atoms with Gasteiger partial charge < -0.3 is 0 Å². The van der Waals surface area contributed by atoms with Gasteiger partial charge in [-0.25, -0.2) is 8.42 Å². The lowest BCUT2D eigenvalue weighted by molar-refractivity contribution is -0.137. The van der Waals surface area contributed by atoms with Crippen LogP contribution in [0.3, 0.4) is 0 Å². The number of nitrogens with one attached hydrogen (secondary N) is 1. The lowest BCUT2D eigenvalue weighted by Crippen LogP contribution is -2.70. The zero-order valence-electron chi connectivity index (χ0n) is 10.1. The van der Waals surface area contributed by atoms with Crippen LogP contribution in [0, 0.1) is 12.3 Å². The molecule has 2 aliphatic rings. The smallest absolute Gasteiger partial charge is 0.195 e. The van der Waals surface area contributed by atoms with Crippen molar-refractivity contribution < 1.29 is 13.2 Å². The molecule has 18 heavy (non-hydrogen) atoms. The van der Waals surface area contributed by atoms with Gasteiger partial charge >= 0.3 is 0 Å². The van der Waals surface area contributed by atoms with E-state index in [-0.39, 0.29) is 11.2 Å². The second-order valence-corrected chi connectivity index (χ2v) is 7.33. The molecule has 1 N–H and O–H groups in total. The average Bonchev–Trinajstić information content (AvgIpc) is 2.22. The minimum Gasteiger partial charge on any atom is -0.300 e. The largest absolute Gasteiger partial charge is 0.300 e. The molecule has 1 aliphatic carbocycles. The van der Waals surface area contributed by atoms with Crippen LogP contribution in [0.1, 0.15) is 18.4 Å². The molecule has 0 aromatic heterocycles. The van der Waals surface area contributed by atoms with Crippen molar-refractivity contribution in [3.05, 3.63) is 29.8 Å². The fourth-order valence-corrected chi connectivity index (χ4v) is 5.21. The van der Waals surface area contributed by atoms with Crippen molar-refractivity contribution in [1.82, 2.24) is 5.32 Å². The zero-order valence-corrected chi connectivity index (χ0v) is 11.0. The van der Waals surface area contributed by atoms with Crippen LogP contribution in [0.2, 0.25) is 0 Å². The summed E-state index contributed by atoms with van der Waals surface area (Å²) in [5.41, 5.74) is 0.421. The van der Waals surface area contributed by atoms with Crippen LogP contribution in [0.4, 0.5) is 0 Å². The van der Waals surface area contributed by atoms with Crippen LogP contribution >= 0.6 is 0 Å². The highest BCUT2D eigenvalue weighted by molar-refractivity contribution is 7.92. The molecule has 1 aliphatic heterocycles. The third-order valence-electron chi connectivity index (χ3n) is 4.00. The van der Waals surface area contributed by atoms with E-state index in [1.54, 1.807) is 25.1 Å². The highest BCUT2D eigenvalue weighted by atomic mass is 32.2. The summed E-state index contributed by atoms with van der Waals surface area (Å²) >= 11 is 0. The van der Waals surface area contributed by atoms with Crippen molar-refractivity contribution in [3.63, 3.8) is 0 Å². The molecule has 0 radical (unpaired) electrons. The monoisotopic (exact) mass is 265 g/mol. The first kappa shape index (κ1) is 11.9. The van der Waals surface area contributed by atoms with Crippen molar-refractivity contribution in [2.75, 3.05) is 6.54 Å². The van der Waals surface area contributed by atoms with Crippen LogP contribution in [-0.2, 0) is 14.6 Å². The van der Waals surface area contributed by atoms with Crippen molar-refractivity contribution in [2.24, 2.45) is 5.41 Å². The number of rotatable bonds is 2. The molecule has 1 aromatic carbocycles.